The van der Waals surface area contributed by atoms with Gasteiger partial charge in [0.05, 0.1) is 31.3 Å². The third-order valence-corrected chi connectivity index (χ3v) is 25.0. The topological polar surface area (TPSA) is 797 Å². The molecule has 1 aromatic rings. The van der Waals surface area contributed by atoms with Gasteiger partial charge in [-0.3, -0.25) is 110 Å². The van der Waals surface area contributed by atoms with Crippen molar-refractivity contribution < 1.29 is 146 Å². The van der Waals surface area contributed by atoms with Gasteiger partial charge in [0.25, 0.3) is 0 Å². The molecule has 0 spiro atoms. The number of amides is 20. The standard InChI is InChI=1S/C96H157N21O30S/c1-19-50(12)75(92(143)102-53(15)79(130)103-59(28-30-71(98)122)82(133)109-66(41-56-24-26-57(121)27-25-56)89(140)115-77(55(17)120)94(145)112-68(44-118)90(141)101-52(14)80(131)106-63(38-47(6)7)85(136)107-62(37-46(4)5)84(135)100-51(13)78(129)99-43-74(127)128)113-83(134)61(32-35-148-18)105-81(132)60(29-31-72(123)124)104-87(138)67(42-73(125)126)111-93(144)76(54(16)119)114-88(139)65(40-49(10)11)108-86(137)64(39-48(8)9)110-91(142)69-22-20-33-116(69)96(147)70-23-21-34-117(70)95(146)58(97)36-45(2)3/h24-27,45-55,58-70,75-77,118-121H,19-23,28-44,97H2,1-18H3,(H2,98,122)(H,99,129)(H,100,135)(H,101,141)(H,102,143)(H,103,130)(H,104,138)(H,105,132)(H,106,131)(H,107,136)(H,108,137)(H,109,133)(H,110,142)(H,111,144)(H,112,145)(H,113,134)(H,114,139)(H,115,140)(H,123,124)(H,125,126)(H,127,128)/t50-,51-,52-,53-,54+,55+,58-,59-,60-,61-,62-,63-,64-,65-,66-,67-,68-,69-,70-,75-,76-,77-/m0/s1. The zero-order valence-corrected chi connectivity index (χ0v) is 88.2. The molecule has 2 aliphatic heterocycles. The Kier molecular flexibility index (Phi) is 55.6. The number of nitrogens with two attached hydrogens (primary N) is 2. The number of carbonyl (C=O) groups excluding carboxylic acids is 20. The number of carboxylic acids is 3. The molecule has 0 unspecified atom stereocenters. The maximum absolute atomic E-state index is 14.6. The number of nitrogens with zero attached hydrogens (tertiary/aromatic N) is 2. The molecule has 0 aromatic heterocycles. The fraction of sp³-hybridized carbons (Fsp3) is 0.698. The van der Waals surface area contributed by atoms with Crippen LogP contribution in [0.15, 0.2) is 24.3 Å². The molecular formula is C96H157N21O30S. The maximum atomic E-state index is 14.6. The number of rotatable bonds is 65. The van der Waals surface area contributed by atoms with Crippen LogP contribution in [0.5, 0.6) is 5.75 Å². The summed E-state index contributed by atoms with van der Waals surface area (Å²) in [5.41, 5.74) is 12.0. The number of nitrogens with one attached hydrogen (secondary N) is 17. The van der Waals surface area contributed by atoms with Crippen molar-refractivity contribution >= 4 is 148 Å². The first-order valence-corrected chi connectivity index (χ1v) is 51.2. The number of aliphatic hydroxyl groups is 3. The molecule has 2 saturated heterocycles. The Morgan fingerprint density at radius 1 is 0.385 bits per heavy atom. The fourth-order valence-electron chi connectivity index (χ4n) is 16.1. The smallest absolute Gasteiger partial charge is 0.322 e. The molecule has 2 fully saturated rings. The molecule has 2 aliphatic rings. The zero-order chi connectivity index (χ0) is 112. The van der Waals surface area contributed by atoms with E-state index in [1.54, 1.807) is 68.6 Å². The lowest BCUT2D eigenvalue weighted by atomic mass is 9.97. The van der Waals surface area contributed by atoms with Crippen LogP contribution in [0.3, 0.4) is 0 Å². The number of carbonyl (C=O) groups is 23. The number of primary amides is 1. The molecule has 52 heteroatoms. The van der Waals surface area contributed by atoms with E-state index in [0.29, 0.717) is 32.2 Å². The third kappa shape index (κ3) is 44.6. The highest BCUT2D eigenvalue weighted by Gasteiger charge is 2.46. The molecule has 22 atom stereocenters. The van der Waals surface area contributed by atoms with Crippen molar-refractivity contribution in [2.45, 2.75) is 354 Å². The summed E-state index contributed by atoms with van der Waals surface area (Å²) in [5.74, 6) is -26.7. The molecule has 0 saturated carbocycles. The Bertz CT molecular complexity index is 4740. The summed E-state index contributed by atoms with van der Waals surface area (Å²) in [4.78, 5) is 319. The van der Waals surface area contributed by atoms with Crippen LogP contribution in [-0.2, 0) is 117 Å². The average Bonchev–Trinajstić information content (AvgIpc) is 1.65. The van der Waals surface area contributed by atoms with Crippen molar-refractivity contribution in [1.82, 2.24) is 100 Å². The van der Waals surface area contributed by atoms with Crippen LogP contribution in [0.2, 0.25) is 0 Å². The molecule has 0 bridgehead atoms. The Hall–Kier alpha value is -13.0. The monoisotopic (exact) mass is 2120 g/mol. The van der Waals surface area contributed by atoms with Gasteiger partial charge < -0.3 is 147 Å². The van der Waals surface area contributed by atoms with Crippen LogP contribution in [0.25, 0.3) is 0 Å². The lowest BCUT2D eigenvalue weighted by Gasteiger charge is -2.33. The van der Waals surface area contributed by atoms with E-state index in [0.717, 1.165) is 20.8 Å². The fourth-order valence-corrected chi connectivity index (χ4v) is 16.6. The number of hydrogen-bond donors (Lipinski definition) is 26. The van der Waals surface area contributed by atoms with Gasteiger partial charge in [-0.1, -0.05) is 102 Å². The molecule has 0 aliphatic carbocycles. The second-order valence-electron chi connectivity index (χ2n) is 39.7. The van der Waals surface area contributed by atoms with Gasteiger partial charge in [-0.25, -0.2) is 0 Å². The maximum Gasteiger partial charge on any atom is 0.322 e. The molecule has 3 rings (SSSR count). The highest BCUT2D eigenvalue weighted by atomic mass is 32.2. The lowest BCUT2D eigenvalue weighted by Crippen LogP contribution is -2.62. The van der Waals surface area contributed by atoms with Crippen LogP contribution >= 0.6 is 11.8 Å². The highest BCUT2D eigenvalue weighted by molar-refractivity contribution is 7.98. The van der Waals surface area contributed by atoms with E-state index >= 15 is 0 Å². The summed E-state index contributed by atoms with van der Waals surface area (Å²) in [5, 5.41) is 113. The first-order valence-electron chi connectivity index (χ1n) is 49.8. The Labute approximate surface area is 864 Å². The molecule has 0 radical (unpaired) electrons. The first kappa shape index (κ1) is 129. The Morgan fingerprint density at radius 3 is 1.18 bits per heavy atom. The van der Waals surface area contributed by atoms with Crippen molar-refractivity contribution in [1.29, 1.82) is 0 Å². The number of aliphatic carboxylic acids is 3. The number of carboxylic acid groups (broad SMARTS) is 3. The van der Waals surface area contributed by atoms with Crippen molar-refractivity contribution in [2.24, 2.45) is 47.0 Å². The number of likely N-dealkylation sites (tertiary alicyclic amines) is 2. The van der Waals surface area contributed by atoms with Crippen LogP contribution in [0.4, 0.5) is 0 Å². The van der Waals surface area contributed by atoms with Crippen LogP contribution < -0.4 is 102 Å². The molecule has 51 nitrogen and oxygen atoms in total. The van der Waals surface area contributed by atoms with Gasteiger partial charge in [0.1, 0.15) is 121 Å². The van der Waals surface area contributed by atoms with E-state index < -0.39 is 315 Å². The predicted molar refractivity (Wildman–Crippen MR) is 536 cm³/mol. The van der Waals surface area contributed by atoms with Crippen molar-refractivity contribution in [3.63, 3.8) is 0 Å². The summed E-state index contributed by atoms with van der Waals surface area (Å²) in [7, 11) is 0. The number of hydrogen-bond acceptors (Lipinski definition) is 29. The van der Waals surface area contributed by atoms with E-state index in [-0.39, 0.29) is 104 Å². The number of aromatic hydroxyl groups is 1. The predicted octanol–water partition coefficient (Wildman–Crippen LogP) is -5.35. The van der Waals surface area contributed by atoms with Gasteiger partial charge in [0.15, 0.2) is 0 Å². The van der Waals surface area contributed by atoms with Gasteiger partial charge in [-0.2, -0.15) is 11.8 Å². The minimum absolute atomic E-state index is 0.0204. The van der Waals surface area contributed by atoms with E-state index in [9.17, 15) is 141 Å². The summed E-state index contributed by atoms with van der Waals surface area (Å²) in [6, 6.07) is -24.5. The second-order valence-corrected chi connectivity index (χ2v) is 40.7. The van der Waals surface area contributed by atoms with Gasteiger partial charge in [0.2, 0.25) is 118 Å². The van der Waals surface area contributed by atoms with Crippen LogP contribution in [0.1, 0.15) is 226 Å². The number of aliphatic hydroxyl groups excluding tert-OH is 3. The normalized spacial score (nSPS) is 17.5. The molecule has 28 N–H and O–H groups in total. The summed E-state index contributed by atoms with van der Waals surface area (Å²) in [6.07, 6.45) is -4.84. The largest absolute Gasteiger partial charge is 0.508 e. The molecule has 1 aromatic carbocycles. The minimum Gasteiger partial charge on any atom is -0.508 e. The van der Waals surface area contributed by atoms with Crippen LogP contribution in [0, 0.1) is 35.5 Å². The first-order chi connectivity index (χ1) is 69.1. The second kappa shape index (κ2) is 63.7. The van der Waals surface area contributed by atoms with Gasteiger partial charge in [-0.05, 0) is 177 Å². The number of thioether (sulfide) groups is 1. The number of benzene rings is 1. The molecular weight excluding hydrogens is 1960 g/mol. The van der Waals surface area contributed by atoms with E-state index in [2.05, 4.69) is 90.4 Å². The quantitative estimate of drug-likeness (QED) is 0.0290. The minimum atomic E-state index is -2.18. The zero-order valence-electron chi connectivity index (χ0n) is 87.4. The number of phenols is 1. The number of phenolic OH excluding ortho intramolecular Hbond substituents is 1. The molecule has 148 heavy (non-hydrogen) atoms. The van der Waals surface area contributed by atoms with Crippen LogP contribution in [-0.4, -0.2) is 347 Å². The Balaban J connectivity index is 1.88. The van der Waals surface area contributed by atoms with Crippen molar-refractivity contribution in [3.8, 4) is 5.75 Å². The summed E-state index contributed by atoms with van der Waals surface area (Å²) in [6.45, 7) is 25.1. The Morgan fingerprint density at radius 2 is 0.736 bits per heavy atom. The molecule has 832 valence electrons. The van der Waals surface area contributed by atoms with E-state index in [1.165, 1.54) is 66.6 Å². The average molecular weight is 2120 g/mol. The van der Waals surface area contributed by atoms with E-state index in [1.807, 2.05) is 13.8 Å². The highest BCUT2D eigenvalue weighted by Crippen LogP contribution is 2.28. The SMILES string of the molecule is CC[C@H](C)[C@H](NC(=O)[C@H](CCSC)NC(=O)[C@H](CCC(=O)O)NC(=O)[C@H](CC(=O)O)NC(=O)[C@@H](NC(=O)[C@H](CC(C)C)NC(=O)[C@H](CC(C)C)NC(=O)[C@@H]1CCCN1C(=O)[C@@H]1CCCN1C(=O)[C@@H](N)CC(C)C)[C@@H](C)O)C(=O)N[C@@H](C)C(=O)N[C@@H](CCC(N)=O)C(=O)N[C@@H](Cc1ccc(O)cc1)C(=O)N[C@H](C(=O)N[C@@H](CO)C(=O)N[C@@H](C)C(=O)N[C@@H](CC(C)C)C(=O)N[C@@H](CC(C)C)C(=O)N[C@@H](C)C(=O)NCC(=O)O)[C@@H](C)O. The van der Waals surface area contributed by atoms with E-state index in [4.69, 9.17) is 16.6 Å². The lowest BCUT2D eigenvalue weighted by molar-refractivity contribution is -0.147. The molecule has 2 heterocycles. The van der Waals surface area contributed by atoms with Gasteiger partial charge >= 0.3 is 17.9 Å². The van der Waals surface area contributed by atoms with Crippen molar-refractivity contribution in [3.05, 3.63) is 29.8 Å². The summed E-state index contributed by atoms with van der Waals surface area (Å²) < 4.78 is 0. The molecule has 20 amide bonds. The van der Waals surface area contributed by atoms with Gasteiger partial charge in [-0.15, -0.1) is 0 Å². The third-order valence-electron chi connectivity index (χ3n) is 24.3. The summed E-state index contributed by atoms with van der Waals surface area (Å²) >= 11 is 1.18. The van der Waals surface area contributed by atoms with Gasteiger partial charge in [0, 0.05) is 32.4 Å². The van der Waals surface area contributed by atoms with Crippen molar-refractivity contribution in [2.75, 3.05) is 38.2 Å².